The minimum absolute atomic E-state index is 0.00622. The summed E-state index contributed by atoms with van der Waals surface area (Å²) in [5.74, 6) is -15.1. The van der Waals surface area contributed by atoms with Crippen LogP contribution in [0.1, 0.15) is 92.6 Å². The number of hydrogen-bond donors (Lipinski definition) is 18. The van der Waals surface area contributed by atoms with Crippen molar-refractivity contribution < 1.29 is 87.9 Å². The molecule has 0 aliphatic heterocycles. The third-order valence-corrected chi connectivity index (χ3v) is 12.5. The second-order valence-corrected chi connectivity index (χ2v) is 20.4. The summed E-state index contributed by atoms with van der Waals surface area (Å²) in [6, 6.07) is -7.95. The Morgan fingerprint density at radius 2 is 1.04 bits per heavy atom. The zero-order valence-electron chi connectivity index (χ0n) is 46.2. The number of carbonyl (C=O) groups is 13. The van der Waals surface area contributed by atoms with Crippen LogP contribution in [0.2, 0.25) is 0 Å². The Labute approximate surface area is 473 Å². The summed E-state index contributed by atoms with van der Waals surface area (Å²) in [6.45, 7) is 8.73. The summed E-state index contributed by atoms with van der Waals surface area (Å²) in [5, 5.41) is 72.1. The fourth-order valence-corrected chi connectivity index (χ4v) is 7.60. The zero-order valence-corrected chi connectivity index (χ0v) is 47.1. The van der Waals surface area contributed by atoms with Crippen LogP contribution in [-0.4, -0.2) is 188 Å². The quantitative estimate of drug-likeness (QED) is 0.0277. The number of aliphatic carboxylic acids is 2. The molecule has 0 aromatic heterocycles. The third kappa shape index (κ3) is 26.9. The molecule has 11 atom stereocenters. The number of nitrogens with two attached hydrogens (primary N) is 2. The van der Waals surface area contributed by atoms with Crippen molar-refractivity contribution in [2.75, 3.05) is 25.4 Å². The maximum Gasteiger partial charge on any atom is 0.326 e. The predicted octanol–water partition coefficient (Wildman–Crippen LogP) is -5.36. The van der Waals surface area contributed by atoms with Gasteiger partial charge in [-0.25, -0.2) is 4.79 Å². The molecule has 0 aliphatic rings. The monoisotopic (exact) mass is 1170 g/mol. The number of aromatic hydroxyl groups is 1. The molecule has 1 rings (SSSR count). The molecule has 0 spiro atoms. The van der Waals surface area contributed by atoms with Crippen LogP contribution >= 0.6 is 12.6 Å². The number of thiol groups is 1. The fourth-order valence-electron chi connectivity index (χ4n) is 7.43. The van der Waals surface area contributed by atoms with Crippen LogP contribution in [-0.2, 0) is 68.7 Å². The Morgan fingerprint density at radius 3 is 1.52 bits per heavy atom. The Morgan fingerprint density at radius 1 is 0.568 bits per heavy atom. The minimum Gasteiger partial charge on any atom is -0.508 e. The number of carboxylic acids is 2. The lowest BCUT2D eigenvalue weighted by molar-refractivity contribution is -0.144. The van der Waals surface area contributed by atoms with Crippen molar-refractivity contribution in [3.8, 4) is 5.75 Å². The van der Waals surface area contributed by atoms with E-state index in [-0.39, 0.29) is 49.0 Å². The highest BCUT2D eigenvalue weighted by atomic mass is 32.1. The Bertz CT molecular complexity index is 2360. The molecule has 0 unspecified atom stereocenters. The normalized spacial score (nSPS) is 15.2. The van der Waals surface area contributed by atoms with Gasteiger partial charge in [0.15, 0.2) is 0 Å². The second-order valence-electron chi connectivity index (χ2n) is 20.1. The van der Waals surface area contributed by atoms with Gasteiger partial charge in [0.1, 0.15) is 54.1 Å². The number of rotatable bonds is 37. The summed E-state index contributed by atoms with van der Waals surface area (Å²) in [6.07, 6.45) is -3.60. The number of benzene rings is 1. The van der Waals surface area contributed by atoms with Gasteiger partial charge in [0.25, 0.3) is 0 Å². The van der Waals surface area contributed by atoms with Crippen LogP contribution in [0.25, 0.3) is 0 Å². The van der Waals surface area contributed by atoms with Crippen molar-refractivity contribution in [1.29, 1.82) is 0 Å². The Hall–Kier alpha value is -7.64. The number of carboxylic acid groups (broad SMARTS) is 2. The SMILES string of the molecule is CC[C@H](C)[C@H](NC(=O)CNC(=O)CNC(=O)[C@H](Cc1ccc(O)cc1)NC(=O)[C@H](CC(C)C)NC(=O)[C@@H](N)CS)C(=O)N[C@H](C(=O)N[C@@H](CC(C)C)C(=O)N[C@@H](CC(N)=O)C(=O)N[C@@H](CO)C(=O)N[C@@H](CCC(=O)O)C(=O)O)[C@@H](C)O. The van der Waals surface area contributed by atoms with Crippen molar-refractivity contribution in [2.24, 2.45) is 29.2 Å². The van der Waals surface area contributed by atoms with E-state index in [0.29, 0.717) is 5.56 Å². The molecule has 0 fully saturated rings. The number of phenolic OH excluding ortho intramolecular Hbond substituents is 1. The first-order valence-electron chi connectivity index (χ1n) is 26.0. The van der Waals surface area contributed by atoms with Gasteiger partial charge in [-0.2, -0.15) is 12.6 Å². The molecule has 0 radical (unpaired) electrons. The van der Waals surface area contributed by atoms with Crippen molar-refractivity contribution in [3.63, 3.8) is 0 Å². The molecule has 0 heterocycles. The molecule has 81 heavy (non-hydrogen) atoms. The second kappa shape index (κ2) is 35.9. The topological polar surface area (TPSA) is 495 Å². The maximum atomic E-state index is 13.8. The average molecular weight is 1170 g/mol. The molecule has 30 nitrogen and oxygen atoms in total. The zero-order chi connectivity index (χ0) is 61.8. The fraction of sp³-hybridized carbons (Fsp3) is 0.620. The highest BCUT2D eigenvalue weighted by Gasteiger charge is 2.37. The van der Waals surface area contributed by atoms with Crippen LogP contribution in [0.3, 0.4) is 0 Å². The molecular weight excluding hydrogens is 1090 g/mol. The first-order chi connectivity index (χ1) is 37.8. The Kier molecular flexibility index (Phi) is 31.6. The maximum absolute atomic E-state index is 13.8. The van der Waals surface area contributed by atoms with Crippen molar-refractivity contribution in [2.45, 2.75) is 154 Å². The van der Waals surface area contributed by atoms with Crippen molar-refractivity contribution >= 4 is 89.5 Å². The lowest BCUT2D eigenvalue weighted by Gasteiger charge is -2.29. The van der Waals surface area contributed by atoms with Crippen LogP contribution in [0.5, 0.6) is 5.75 Å². The minimum atomic E-state index is -1.88. The van der Waals surface area contributed by atoms with E-state index in [1.807, 2.05) is 19.2 Å². The van der Waals surface area contributed by atoms with Gasteiger partial charge in [-0.05, 0) is 61.6 Å². The van der Waals surface area contributed by atoms with Crippen LogP contribution < -0.4 is 64.6 Å². The lowest BCUT2D eigenvalue weighted by atomic mass is 9.97. The van der Waals surface area contributed by atoms with Crippen molar-refractivity contribution in [1.82, 2.24) is 53.2 Å². The van der Waals surface area contributed by atoms with Gasteiger partial charge in [0.2, 0.25) is 65.0 Å². The first-order valence-corrected chi connectivity index (χ1v) is 26.6. The number of aliphatic hydroxyl groups excluding tert-OH is 2. The van der Waals surface area contributed by atoms with Gasteiger partial charge in [-0.1, -0.05) is 60.1 Å². The Balaban J connectivity index is 3.19. The number of carbonyl (C=O) groups excluding carboxylic acids is 11. The van der Waals surface area contributed by atoms with Gasteiger partial charge in [-0.3, -0.25) is 57.5 Å². The molecule has 1 aromatic carbocycles. The van der Waals surface area contributed by atoms with Gasteiger partial charge < -0.3 is 90.2 Å². The number of primary amides is 1. The number of nitrogens with one attached hydrogen (secondary N) is 10. The van der Waals surface area contributed by atoms with Gasteiger partial charge in [-0.15, -0.1) is 0 Å². The first kappa shape index (κ1) is 71.4. The molecule has 31 heteroatoms. The van der Waals surface area contributed by atoms with E-state index in [0.717, 1.165) is 6.92 Å². The van der Waals surface area contributed by atoms with E-state index in [1.165, 1.54) is 24.3 Å². The molecule has 0 aliphatic carbocycles. The molecule has 0 bridgehead atoms. The van der Waals surface area contributed by atoms with Crippen molar-refractivity contribution in [3.05, 3.63) is 29.8 Å². The standard InChI is InChI=1S/C50H80N12O18S/c1-8-25(6)40(61-38(68)20-53-37(67)19-54-43(72)33(17-27-9-11-28(65)12-10-27)57-44(73)31(15-23(2)3)56-42(71)29(51)22-81)48(77)62-41(26(7)64)49(78)59-32(16-24(4)5)45(74)58-34(18-36(52)66)46(75)60-35(21-63)47(76)55-30(50(79)80)13-14-39(69)70/h9-12,23-26,29-35,40-41,63-65,81H,8,13-22,51H2,1-7H3,(H2,52,66)(H,53,67)(H,54,72)(H,55,76)(H,56,71)(H,57,73)(H,58,74)(H,59,78)(H,60,75)(H,61,68)(H,62,77)(H,69,70)(H,79,80)/t25-,26+,29-,30-,31-,32-,33-,34-,35-,40-,41-/m0/s1. The van der Waals surface area contributed by atoms with Gasteiger partial charge in [0, 0.05) is 18.6 Å². The van der Waals surface area contributed by atoms with Crippen LogP contribution in [0.4, 0.5) is 0 Å². The molecule has 0 saturated heterocycles. The third-order valence-electron chi connectivity index (χ3n) is 12.1. The summed E-state index contributed by atoms with van der Waals surface area (Å²) < 4.78 is 0. The van der Waals surface area contributed by atoms with Gasteiger partial charge in [0.05, 0.1) is 38.3 Å². The van der Waals surface area contributed by atoms with Crippen LogP contribution in [0, 0.1) is 17.8 Å². The molecule has 1 aromatic rings. The summed E-state index contributed by atoms with van der Waals surface area (Å²) >= 11 is 4.03. The number of phenols is 1. The highest BCUT2D eigenvalue weighted by molar-refractivity contribution is 7.80. The molecule has 454 valence electrons. The van der Waals surface area contributed by atoms with E-state index in [9.17, 15) is 82.8 Å². The average Bonchev–Trinajstić information content (AvgIpc) is 3.41. The van der Waals surface area contributed by atoms with E-state index in [4.69, 9.17) is 16.6 Å². The number of amides is 11. The van der Waals surface area contributed by atoms with E-state index < -0.39 is 182 Å². The van der Waals surface area contributed by atoms with E-state index in [1.54, 1.807) is 27.7 Å². The smallest absolute Gasteiger partial charge is 0.326 e. The number of hydrogen-bond acceptors (Lipinski definition) is 18. The lowest BCUT2D eigenvalue weighted by Crippen LogP contribution is -2.62. The molecular formula is C50H80N12O18S. The molecule has 0 saturated carbocycles. The van der Waals surface area contributed by atoms with E-state index in [2.05, 4.69) is 60.5 Å². The number of aliphatic hydroxyl groups is 2. The van der Waals surface area contributed by atoms with E-state index >= 15 is 0 Å². The predicted molar refractivity (Wildman–Crippen MR) is 291 cm³/mol. The van der Waals surface area contributed by atoms with Crippen LogP contribution in [0.15, 0.2) is 24.3 Å². The molecule has 19 N–H and O–H groups in total. The summed E-state index contributed by atoms with van der Waals surface area (Å²) in [5.41, 5.74) is 11.6. The largest absolute Gasteiger partial charge is 0.508 e. The highest BCUT2D eigenvalue weighted by Crippen LogP contribution is 2.14. The molecule has 11 amide bonds. The summed E-state index contributed by atoms with van der Waals surface area (Å²) in [7, 11) is 0. The summed E-state index contributed by atoms with van der Waals surface area (Å²) in [4.78, 5) is 168. The van der Waals surface area contributed by atoms with Gasteiger partial charge >= 0.3 is 11.9 Å².